The van der Waals surface area contributed by atoms with Gasteiger partial charge in [0.25, 0.3) is 5.91 Å². The number of hydrogen-bond acceptors (Lipinski definition) is 3. The molecular formula is C31H32Cl2N2O3. The third-order valence-electron chi connectivity index (χ3n) is 8.77. The molecule has 5 nitrogen and oxygen atoms in total. The molecule has 2 heterocycles. The molecule has 0 aromatic heterocycles. The van der Waals surface area contributed by atoms with Crippen LogP contribution in [0.15, 0.2) is 78.9 Å². The zero-order valence-corrected chi connectivity index (χ0v) is 22.9. The summed E-state index contributed by atoms with van der Waals surface area (Å²) < 4.78 is 0. The predicted molar refractivity (Wildman–Crippen MR) is 151 cm³/mol. The summed E-state index contributed by atoms with van der Waals surface area (Å²) in [5.41, 5.74) is 0.0562. The quantitative estimate of drug-likeness (QED) is 0.372. The molecule has 0 spiro atoms. The molecule has 2 aliphatic heterocycles. The minimum atomic E-state index is -1.27. The molecule has 3 aromatic rings. The number of benzene rings is 3. The number of halogens is 2. The van der Waals surface area contributed by atoms with E-state index in [2.05, 4.69) is 12.2 Å². The number of amides is 1. The second-order valence-corrected chi connectivity index (χ2v) is 11.2. The van der Waals surface area contributed by atoms with Crippen molar-refractivity contribution in [1.82, 2.24) is 10.2 Å². The van der Waals surface area contributed by atoms with Crippen molar-refractivity contribution in [3.05, 3.63) is 106 Å². The summed E-state index contributed by atoms with van der Waals surface area (Å²) >= 11 is 12.9. The van der Waals surface area contributed by atoms with E-state index in [1.165, 1.54) is 0 Å². The number of carboxylic acids is 1. The number of carbonyl (C=O) groups excluding carboxylic acids is 1. The van der Waals surface area contributed by atoms with Crippen LogP contribution in [-0.2, 0) is 10.2 Å². The van der Waals surface area contributed by atoms with Gasteiger partial charge < -0.3 is 15.3 Å². The van der Waals surface area contributed by atoms with Crippen LogP contribution in [0.1, 0.15) is 53.6 Å². The molecule has 1 amide bonds. The summed E-state index contributed by atoms with van der Waals surface area (Å²) in [6, 6.07) is 24.2. The normalized spacial score (nSPS) is 27.3. The molecule has 2 fully saturated rings. The van der Waals surface area contributed by atoms with Crippen LogP contribution in [0.2, 0.25) is 10.0 Å². The lowest BCUT2D eigenvalue weighted by Crippen LogP contribution is -2.69. The smallest absolute Gasteiger partial charge is 0.314 e. The maximum atomic E-state index is 14.3. The number of carbonyl (C=O) groups is 2. The van der Waals surface area contributed by atoms with Gasteiger partial charge in [0, 0.05) is 24.6 Å². The molecule has 4 atom stereocenters. The minimum absolute atomic E-state index is 0.0438. The number of nitrogens with zero attached hydrogens (tertiary/aromatic N) is 1. The van der Waals surface area contributed by atoms with Crippen LogP contribution < -0.4 is 5.32 Å². The van der Waals surface area contributed by atoms with Gasteiger partial charge in [-0.15, -0.1) is 0 Å². The fourth-order valence-corrected chi connectivity index (χ4v) is 7.44. The van der Waals surface area contributed by atoms with Gasteiger partial charge in [-0.25, -0.2) is 0 Å². The Bertz CT molecular complexity index is 1310. The van der Waals surface area contributed by atoms with E-state index in [0.717, 1.165) is 24.1 Å². The van der Waals surface area contributed by atoms with Gasteiger partial charge in [-0.05, 0) is 67.1 Å². The van der Waals surface area contributed by atoms with Crippen molar-refractivity contribution in [2.75, 3.05) is 19.6 Å². The average molecular weight is 552 g/mol. The van der Waals surface area contributed by atoms with Crippen molar-refractivity contribution >= 4 is 35.1 Å². The standard InChI is InChI=1S/C31H32Cl2N2O3/c1-2-31(24-15-17-34-20-24)27(22-13-14-25(32)26(33)19-22)30(29(37)38,23-11-7-4-8-12-23)16-18-35(31)28(36)21-9-5-3-6-10-21/h3-14,19,24,27,34H,2,15-18,20H2,1H3,(H,37,38). The monoisotopic (exact) mass is 550 g/mol. The van der Waals surface area contributed by atoms with Crippen LogP contribution in [0.4, 0.5) is 0 Å². The van der Waals surface area contributed by atoms with Gasteiger partial charge in [0.05, 0.1) is 15.6 Å². The SMILES string of the molecule is CCC1(C2CCNC2)C(c2ccc(Cl)c(Cl)c2)C(C(=O)O)(c2ccccc2)CCN1C(=O)c1ccccc1. The van der Waals surface area contributed by atoms with Gasteiger partial charge in [0.2, 0.25) is 0 Å². The van der Waals surface area contributed by atoms with Crippen LogP contribution in [0.5, 0.6) is 0 Å². The molecule has 5 rings (SSSR count). The van der Waals surface area contributed by atoms with E-state index < -0.39 is 22.8 Å². The largest absolute Gasteiger partial charge is 0.481 e. The second-order valence-electron chi connectivity index (χ2n) is 10.4. The first-order chi connectivity index (χ1) is 18.4. The van der Waals surface area contributed by atoms with Crippen molar-refractivity contribution in [3.8, 4) is 0 Å². The van der Waals surface area contributed by atoms with Crippen LogP contribution in [-0.4, -0.2) is 47.1 Å². The lowest BCUT2D eigenvalue weighted by molar-refractivity contribution is -0.152. The minimum Gasteiger partial charge on any atom is -0.481 e. The molecular weight excluding hydrogens is 519 g/mol. The third-order valence-corrected chi connectivity index (χ3v) is 9.51. The summed E-state index contributed by atoms with van der Waals surface area (Å²) in [4.78, 5) is 29.8. The molecule has 0 bridgehead atoms. The summed E-state index contributed by atoms with van der Waals surface area (Å²) in [5.74, 6) is -1.49. The molecule has 2 saturated heterocycles. The zero-order chi connectivity index (χ0) is 26.9. The van der Waals surface area contributed by atoms with Gasteiger partial charge in [-0.1, -0.05) is 84.7 Å². The predicted octanol–water partition coefficient (Wildman–Crippen LogP) is 6.40. The molecule has 0 aliphatic carbocycles. The number of rotatable bonds is 6. The Hall–Kier alpha value is -2.86. The Labute approximate surface area is 233 Å². The van der Waals surface area contributed by atoms with Crippen molar-refractivity contribution in [1.29, 1.82) is 0 Å². The molecule has 4 unspecified atom stereocenters. The molecule has 0 radical (unpaired) electrons. The fraction of sp³-hybridized carbons (Fsp3) is 0.355. The fourth-order valence-electron chi connectivity index (χ4n) is 7.14. The Morgan fingerprint density at radius 1 is 1.00 bits per heavy atom. The van der Waals surface area contributed by atoms with E-state index in [1.807, 2.05) is 71.6 Å². The summed E-state index contributed by atoms with van der Waals surface area (Å²) in [7, 11) is 0. The maximum absolute atomic E-state index is 14.3. The molecule has 38 heavy (non-hydrogen) atoms. The van der Waals surface area contributed by atoms with E-state index in [1.54, 1.807) is 12.1 Å². The number of nitrogens with one attached hydrogen (secondary N) is 1. The second kappa shape index (κ2) is 10.7. The van der Waals surface area contributed by atoms with E-state index in [0.29, 0.717) is 35.1 Å². The van der Waals surface area contributed by atoms with Gasteiger partial charge in [0.1, 0.15) is 5.41 Å². The van der Waals surface area contributed by atoms with Crippen molar-refractivity contribution < 1.29 is 14.7 Å². The number of likely N-dealkylation sites (tertiary alicyclic amines) is 1. The Kier molecular flexibility index (Phi) is 7.54. The summed E-state index contributed by atoms with van der Waals surface area (Å²) in [6.45, 7) is 3.93. The number of carboxylic acid groups (broad SMARTS) is 1. The topological polar surface area (TPSA) is 69.6 Å². The first-order valence-electron chi connectivity index (χ1n) is 13.2. The zero-order valence-electron chi connectivity index (χ0n) is 21.4. The highest BCUT2D eigenvalue weighted by Crippen LogP contribution is 2.58. The van der Waals surface area contributed by atoms with Crippen LogP contribution in [0.25, 0.3) is 0 Å². The molecule has 2 N–H and O–H groups in total. The van der Waals surface area contributed by atoms with Gasteiger partial charge >= 0.3 is 5.97 Å². The van der Waals surface area contributed by atoms with Crippen molar-refractivity contribution in [3.63, 3.8) is 0 Å². The average Bonchev–Trinajstić information content (AvgIpc) is 3.50. The van der Waals surface area contributed by atoms with Crippen LogP contribution in [0.3, 0.4) is 0 Å². The third kappa shape index (κ3) is 4.21. The highest BCUT2D eigenvalue weighted by atomic mass is 35.5. The van der Waals surface area contributed by atoms with E-state index >= 15 is 0 Å². The van der Waals surface area contributed by atoms with Gasteiger partial charge in [-0.3, -0.25) is 9.59 Å². The molecule has 2 aliphatic rings. The summed E-state index contributed by atoms with van der Waals surface area (Å²) in [5, 5.41) is 15.4. The lowest BCUT2D eigenvalue weighted by atomic mass is 9.52. The van der Waals surface area contributed by atoms with Gasteiger partial charge in [-0.2, -0.15) is 0 Å². The number of aliphatic carboxylic acids is 1. The molecule has 198 valence electrons. The molecule has 0 saturated carbocycles. The Morgan fingerprint density at radius 2 is 1.68 bits per heavy atom. The Morgan fingerprint density at radius 3 is 2.26 bits per heavy atom. The van der Waals surface area contributed by atoms with E-state index in [-0.39, 0.29) is 18.2 Å². The first kappa shape index (κ1) is 26.7. The van der Waals surface area contributed by atoms with Crippen molar-refractivity contribution in [2.24, 2.45) is 5.92 Å². The first-order valence-corrected chi connectivity index (χ1v) is 13.9. The molecule has 3 aromatic carbocycles. The number of piperidine rings is 1. The molecule has 7 heteroatoms. The van der Waals surface area contributed by atoms with Crippen LogP contribution >= 0.6 is 23.2 Å². The number of hydrogen-bond donors (Lipinski definition) is 2. The van der Waals surface area contributed by atoms with E-state index in [4.69, 9.17) is 23.2 Å². The Balaban J connectivity index is 1.83. The lowest BCUT2D eigenvalue weighted by Gasteiger charge is -2.61. The van der Waals surface area contributed by atoms with Gasteiger partial charge in [0.15, 0.2) is 0 Å². The van der Waals surface area contributed by atoms with Crippen LogP contribution in [0, 0.1) is 5.92 Å². The van der Waals surface area contributed by atoms with E-state index in [9.17, 15) is 14.7 Å². The summed E-state index contributed by atoms with van der Waals surface area (Å²) in [6.07, 6.45) is 1.71. The maximum Gasteiger partial charge on any atom is 0.314 e. The van der Waals surface area contributed by atoms with Crippen molar-refractivity contribution in [2.45, 2.75) is 43.1 Å². The highest BCUT2D eigenvalue weighted by Gasteiger charge is 2.64. The highest BCUT2D eigenvalue weighted by molar-refractivity contribution is 6.42.